The molecule has 0 radical (unpaired) electrons. The lowest BCUT2D eigenvalue weighted by Crippen LogP contribution is -2.25. The van der Waals surface area contributed by atoms with E-state index in [0.29, 0.717) is 17.0 Å². The fraction of sp³-hybridized carbons (Fsp3) is 0.143. The van der Waals surface area contributed by atoms with Crippen molar-refractivity contribution in [1.82, 2.24) is 0 Å². The molecule has 5 nitrogen and oxygen atoms in total. The molecule has 3 aromatic rings. The molecule has 4 rings (SSSR count). The number of aryl methyl sites for hydroxylation is 1. The van der Waals surface area contributed by atoms with Gasteiger partial charge >= 0.3 is 0 Å². The second-order valence-corrected chi connectivity index (χ2v) is 6.03. The molecule has 0 bridgehead atoms. The molecule has 26 heavy (non-hydrogen) atoms. The average molecular weight is 347 g/mol. The van der Waals surface area contributed by atoms with Gasteiger partial charge in [0.25, 0.3) is 5.91 Å². The number of para-hydroxylation sites is 1. The van der Waals surface area contributed by atoms with Gasteiger partial charge in [-0.1, -0.05) is 25.1 Å². The molecular weight excluding hydrogens is 330 g/mol. The van der Waals surface area contributed by atoms with Crippen LogP contribution in [0.15, 0.2) is 53.0 Å². The van der Waals surface area contributed by atoms with E-state index in [-0.39, 0.29) is 18.3 Å². The summed E-state index contributed by atoms with van der Waals surface area (Å²) >= 11 is 0. The van der Waals surface area contributed by atoms with Crippen LogP contribution >= 0.6 is 0 Å². The van der Waals surface area contributed by atoms with Crippen molar-refractivity contribution < 1.29 is 18.7 Å². The van der Waals surface area contributed by atoms with Crippen molar-refractivity contribution in [2.24, 2.45) is 0 Å². The van der Waals surface area contributed by atoms with Gasteiger partial charge in [0, 0.05) is 22.9 Å². The number of benzene rings is 2. The first-order valence-corrected chi connectivity index (χ1v) is 8.45. The van der Waals surface area contributed by atoms with Gasteiger partial charge in [0.05, 0.1) is 5.69 Å². The number of anilines is 1. The van der Waals surface area contributed by atoms with E-state index in [9.17, 15) is 9.59 Å². The lowest BCUT2D eigenvalue weighted by atomic mass is 10.1. The summed E-state index contributed by atoms with van der Waals surface area (Å²) in [7, 11) is 0. The predicted molar refractivity (Wildman–Crippen MR) is 99.5 cm³/mol. The van der Waals surface area contributed by atoms with Crippen molar-refractivity contribution >= 4 is 34.4 Å². The Bertz CT molecular complexity index is 1050. The molecule has 1 aliphatic heterocycles. The molecule has 0 fully saturated rings. The maximum atomic E-state index is 12.6. The summed E-state index contributed by atoms with van der Waals surface area (Å²) in [6.07, 6.45) is 4.07. The first kappa shape index (κ1) is 16.1. The van der Waals surface area contributed by atoms with Crippen LogP contribution < -0.4 is 10.1 Å². The number of ketones is 1. The molecule has 130 valence electrons. The quantitative estimate of drug-likeness (QED) is 0.567. The van der Waals surface area contributed by atoms with Crippen molar-refractivity contribution in [3.63, 3.8) is 0 Å². The molecule has 0 atom stereocenters. The van der Waals surface area contributed by atoms with E-state index in [1.807, 2.05) is 31.2 Å². The third-order valence-electron chi connectivity index (χ3n) is 4.33. The molecule has 0 spiro atoms. The minimum atomic E-state index is -0.227. The smallest absolute Gasteiger partial charge is 0.262 e. The van der Waals surface area contributed by atoms with Crippen LogP contribution in [0.4, 0.5) is 5.69 Å². The fourth-order valence-corrected chi connectivity index (χ4v) is 3.05. The number of amides is 1. The first-order chi connectivity index (χ1) is 12.7. The molecule has 1 amide bonds. The second kappa shape index (κ2) is 6.52. The molecule has 1 aromatic heterocycles. The summed E-state index contributed by atoms with van der Waals surface area (Å²) < 4.78 is 11.2. The molecule has 0 saturated carbocycles. The molecular formula is C21H17NO4. The van der Waals surface area contributed by atoms with E-state index in [4.69, 9.17) is 9.15 Å². The Balaban J connectivity index is 1.65. The number of ether oxygens (including phenoxy) is 1. The highest BCUT2D eigenvalue weighted by atomic mass is 16.5. The van der Waals surface area contributed by atoms with Gasteiger partial charge in [-0.15, -0.1) is 0 Å². The zero-order valence-corrected chi connectivity index (χ0v) is 14.2. The van der Waals surface area contributed by atoms with Gasteiger partial charge in [-0.05, 0) is 36.4 Å². The fourth-order valence-electron chi connectivity index (χ4n) is 3.05. The van der Waals surface area contributed by atoms with Crippen molar-refractivity contribution in [2.75, 3.05) is 11.9 Å². The molecule has 0 aliphatic carbocycles. The zero-order chi connectivity index (χ0) is 18.1. The summed E-state index contributed by atoms with van der Waals surface area (Å²) in [4.78, 5) is 24.0. The number of carbonyl (C=O) groups excluding carboxylic acids is 2. The van der Waals surface area contributed by atoms with Crippen LogP contribution in [0.2, 0.25) is 0 Å². The van der Waals surface area contributed by atoms with Gasteiger partial charge in [0.1, 0.15) is 17.1 Å². The van der Waals surface area contributed by atoms with E-state index in [2.05, 4.69) is 5.32 Å². The average Bonchev–Trinajstić information content (AvgIpc) is 3.03. The highest BCUT2D eigenvalue weighted by molar-refractivity contribution is 6.09. The van der Waals surface area contributed by atoms with E-state index >= 15 is 0 Å². The number of carbonyl (C=O) groups is 2. The summed E-state index contributed by atoms with van der Waals surface area (Å²) in [5.74, 6) is 1.04. The SMILES string of the molecule is CCc1oc2ccccc2c1/C=C/C(=O)c1ccc2c(c1)NC(=O)CO2. The molecule has 2 heterocycles. The van der Waals surface area contributed by atoms with Crippen molar-refractivity contribution in [1.29, 1.82) is 0 Å². The number of rotatable bonds is 4. The Morgan fingerprint density at radius 1 is 1.23 bits per heavy atom. The van der Waals surface area contributed by atoms with Gasteiger partial charge in [-0.3, -0.25) is 9.59 Å². The molecule has 2 aromatic carbocycles. The zero-order valence-electron chi connectivity index (χ0n) is 14.2. The third-order valence-corrected chi connectivity index (χ3v) is 4.33. The Hall–Kier alpha value is -3.34. The van der Waals surface area contributed by atoms with Crippen molar-refractivity contribution in [2.45, 2.75) is 13.3 Å². The van der Waals surface area contributed by atoms with Crippen LogP contribution in [0.5, 0.6) is 5.75 Å². The number of hydrogen-bond acceptors (Lipinski definition) is 4. The second-order valence-electron chi connectivity index (χ2n) is 6.03. The van der Waals surface area contributed by atoms with E-state index in [1.165, 1.54) is 6.08 Å². The molecule has 1 aliphatic rings. The normalized spacial score (nSPS) is 13.5. The highest BCUT2D eigenvalue weighted by Gasteiger charge is 2.17. The third kappa shape index (κ3) is 2.88. The maximum Gasteiger partial charge on any atom is 0.262 e. The van der Waals surface area contributed by atoms with Gasteiger partial charge in [-0.2, -0.15) is 0 Å². The number of hydrogen-bond donors (Lipinski definition) is 1. The van der Waals surface area contributed by atoms with Gasteiger partial charge in [0.15, 0.2) is 12.4 Å². The lowest BCUT2D eigenvalue weighted by molar-refractivity contribution is -0.118. The molecule has 5 heteroatoms. The van der Waals surface area contributed by atoms with E-state index in [1.54, 1.807) is 24.3 Å². The Labute approximate surface area is 150 Å². The number of furan rings is 1. The largest absolute Gasteiger partial charge is 0.482 e. The van der Waals surface area contributed by atoms with Crippen molar-refractivity contribution in [3.05, 3.63) is 65.4 Å². The summed E-state index contributed by atoms with van der Waals surface area (Å²) in [5, 5.41) is 3.70. The summed E-state index contributed by atoms with van der Waals surface area (Å²) in [5.41, 5.74) is 2.73. The minimum absolute atomic E-state index is 0.00639. The van der Waals surface area contributed by atoms with Gasteiger partial charge in [-0.25, -0.2) is 0 Å². The number of nitrogens with one attached hydrogen (secondary N) is 1. The Kier molecular flexibility index (Phi) is 4.05. The standard InChI is InChI=1S/C21H17NO4/c1-2-18-15(14-5-3-4-6-19(14)26-18)8-9-17(23)13-7-10-20-16(11-13)22-21(24)12-25-20/h3-11H,2,12H2,1H3,(H,22,24)/b9-8+. The maximum absolute atomic E-state index is 12.6. The predicted octanol–water partition coefficient (Wildman–Crippen LogP) is 4.22. The van der Waals surface area contributed by atoms with E-state index < -0.39 is 0 Å². The van der Waals surface area contributed by atoms with Crippen LogP contribution in [0.3, 0.4) is 0 Å². The van der Waals surface area contributed by atoms with Gasteiger partial charge < -0.3 is 14.5 Å². The minimum Gasteiger partial charge on any atom is -0.482 e. The van der Waals surface area contributed by atoms with Crippen LogP contribution in [0.1, 0.15) is 28.6 Å². The number of fused-ring (bicyclic) bond motifs is 2. The van der Waals surface area contributed by atoms with Crippen molar-refractivity contribution in [3.8, 4) is 5.75 Å². The highest BCUT2D eigenvalue weighted by Crippen LogP contribution is 2.30. The lowest BCUT2D eigenvalue weighted by Gasteiger charge is -2.17. The Morgan fingerprint density at radius 3 is 2.92 bits per heavy atom. The summed E-state index contributed by atoms with van der Waals surface area (Å²) in [6.45, 7) is 2.01. The Morgan fingerprint density at radius 2 is 2.08 bits per heavy atom. The van der Waals surface area contributed by atoms with Gasteiger partial charge in [0.2, 0.25) is 0 Å². The number of allylic oxidation sites excluding steroid dienone is 1. The van der Waals surface area contributed by atoms with Crippen LogP contribution in [-0.2, 0) is 11.2 Å². The molecule has 0 unspecified atom stereocenters. The van der Waals surface area contributed by atoms with Crippen LogP contribution in [0.25, 0.3) is 17.0 Å². The first-order valence-electron chi connectivity index (χ1n) is 8.45. The van der Waals surface area contributed by atoms with Crippen LogP contribution in [0, 0.1) is 0 Å². The van der Waals surface area contributed by atoms with E-state index in [0.717, 1.165) is 28.7 Å². The monoisotopic (exact) mass is 347 g/mol. The molecule has 0 saturated heterocycles. The topological polar surface area (TPSA) is 68.5 Å². The van der Waals surface area contributed by atoms with Crippen LogP contribution in [-0.4, -0.2) is 18.3 Å². The molecule has 1 N–H and O–H groups in total. The summed E-state index contributed by atoms with van der Waals surface area (Å²) in [6, 6.07) is 12.8.